The number of hydrogen-bond donors (Lipinski definition) is 3. The molecule has 6 nitrogen and oxygen atoms in total. The fraction of sp³-hybridized carbons (Fsp3) is 0.212. The van der Waals surface area contributed by atoms with Crippen LogP contribution in [-0.4, -0.2) is 36.4 Å². The second-order valence-corrected chi connectivity index (χ2v) is 11.6. The molecule has 3 aromatic carbocycles. The fourth-order valence-corrected chi connectivity index (χ4v) is 5.51. The number of benzene rings is 3. The Labute approximate surface area is 259 Å². The van der Waals surface area contributed by atoms with Crippen molar-refractivity contribution < 1.29 is 19.1 Å². The number of halogens is 1. The van der Waals surface area contributed by atoms with Crippen molar-refractivity contribution in [3.63, 3.8) is 0 Å². The van der Waals surface area contributed by atoms with Gasteiger partial charge in [-0.1, -0.05) is 66.8 Å². The molecule has 0 aromatic heterocycles. The topological polar surface area (TPSA) is 76.7 Å². The maximum Gasteiger partial charge on any atom is 0.251 e. The number of fused-ring (bicyclic) bond motifs is 2. The minimum Gasteiger partial charge on any atom is -0.488 e. The molecule has 3 aromatic rings. The van der Waals surface area contributed by atoms with E-state index in [2.05, 4.69) is 64.1 Å². The van der Waals surface area contributed by atoms with E-state index in [0.29, 0.717) is 29.2 Å². The lowest BCUT2D eigenvalue weighted by Crippen LogP contribution is -2.34. The van der Waals surface area contributed by atoms with Gasteiger partial charge in [0, 0.05) is 17.1 Å². The maximum atomic E-state index is 12.7. The first-order chi connectivity index (χ1) is 19.9. The van der Waals surface area contributed by atoms with Gasteiger partial charge < -0.3 is 20.1 Å². The van der Waals surface area contributed by atoms with Crippen molar-refractivity contribution in [1.82, 2.24) is 10.6 Å². The Morgan fingerprint density at radius 1 is 0.951 bits per heavy atom. The van der Waals surface area contributed by atoms with Crippen LogP contribution in [0, 0.1) is 9.49 Å². The Bertz CT molecular complexity index is 1580. The molecule has 41 heavy (non-hydrogen) atoms. The van der Waals surface area contributed by atoms with Crippen molar-refractivity contribution in [3.05, 3.63) is 117 Å². The molecular weight excluding hydrogens is 647 g/mol. The number of carbonyl (C=O) groups excluding carboxylic acids is 2. The van der Waals surface area contributed by atoms with Crippen molar-refractivity contribution in [3.8, 4) is 11.5 Å². The van der Waals surface area contributed by atoms with E-state index in [4.69, 9.17) is 9.47 Å². The predicted octanol–water partition coefficient (Wildman–Crippen LogP) is 6.39. The van der Waals surface area contributed by atoms with Crippen molar-refractivity contribution in [2.45, 2.75) is 24.9 Å². The van der Waals surface area contributed by atoms with Crippen molar-refractivity contribution >= 4 is 57.8 Å². The van der Waals surface area contributed by atoms with Gasteiger partial charge in [-0.15, -0.1) is 12.6 Å². The average molecular weight is 679 g/mol. The second kappa shape index (κ2) is 13.4. The van der Waals surface area contributed by atoms with Gasteiger partial charge in [-0.05, 0) is 82.6 Å². The zero-order valence-electron chi connectivity index (χ0n) is 22.5. The number of thiol groups is 1. The standard InChI is InChI=1S/C33H31IN2O4S/c1-21(19-35-32(37)26-15-13-22-7-2-4-9-24(22)17-26)39-28-11-6-12-29(31(28)34)40-30(41)20-36-33(38)27-16-14-23-8-3-5-10-25(23)18-27/h2-8,10-18,21,24,30,41H,9,19-20H2,1H3,(H,35,37)(H,36,38)/t21-,24?,30-/m0/s1. The monoisotopic (exact) mass is 678 g/mol. The third-order valence-corrected chi connectivity index (χ3v) is 8.21. The summed E-state index contributed by atoms with van der Waals surface area (Å²) in [4.78, 5) is 25.4. The van der Waals surface area contributed by atoms with Gasteiger partial charge in [-0.2, -0.15) is 0 Å². The Morgan fingerprint density at radius 2 is 1.71 bits per heavy atom. The molecule has 0 fully saturated rings. The summed E-state index contributed by atoms with van der Waals surface area (Å²) in [6.07, 6.45) is 12.8. The third kappa shape index (κ3) is 7.42. The molecule has 2 aliphatic carbocycles. The van der Waals surface area contributed by atoms with Gasteiger partial charge >= 0.3 is 0 Å². The Morgan fingerprint density at radius 3 is 2.54 bits per heavy atom. The van der Waals surface area contributed by atoms with Gasteiger partial charge in [0.05, 0.1) is 16.7 Å². The number of allylic oxidation sites excluding steroid dienone is 6. The van der Waals surface area contributed by atoms with Gasteiger partial charge in [0.15, 0.2) is 5.44 Å². The molecule has 0 aliphatic heterocycles. The molecule has 0 saturated heterocycles. The van der Waals surface area contributed by atoms with E-state index in [1.807, 2.05) is 85.8 Å². The lowest BCUT2D eigenvalue weighted by atomic mass is 9.85. The van der Waals surface area contributed by atoms with Crippen LogP contribution < -0.4 is 20.1 Å². The summed E-state index contributed by atoms with van der Waals surface area (Å²) < 4.78 is 12.9. The van der Waals surface area contributed by atoms with E-state index in [1.165, 1.54) is 5.57 Å². The molecule has 2 aliphatic rings. The van der Waals surface area contributed by atoms with Crippen molar-refractivity contribution in [2.75, 3.05) is 13.1 Å². The van der Waals surface area contributed by atoms with Crippen LogP contribution in [-0.2, 0) is 4.79 Å². The summed E-state index contributed by atoms with van der Waals surface area (Å²) >= 11 is 6.70. The molecule has 8 heteroatoms. The number of rotatable bonds is 10. The first-order valence-electron chi connectivity index (χ1n) is 13.5. The van der Waals surface area contributed by atoms with E-state index in [-0.39, 0.29) is 30.4 Å². The van der Waals surface area contributed by atoms with E-state index >= 15 is 0 Å². The summed E-state index contributed by atoms with van der Waals surface area (Å²) in [7, 11) is 0. The van der Waals surface area contributed by atoms with Crippen LogP contribution in [0.2, 0.25) is 0 Å². The minimum absolute atomic E-state index is 0.110. The SMILES string of the molecule is C[C@@H](CNC(=O)C1=CC2CC=CC=C2C=C1)Oc1cccc(O[C@@H](S)CNC(=O)c2ccc3ccccc3c2)c1I. The molecule has 2 amide bonds. The van der Waals surface area contributed by atoms with E-state index in [1.54, 1.807) is 0 Å². The number of carbonyl (C=O) groups is 2. The van der Waals surface area contributed by atoms with Crippen LogP contribution in [0.25, 0.3) is 10.8 Å². The molecule has 0 heterocycles. The lowest BCUT2D eigenvalue weighted by Gasteiger charge is -2.22. The van der Waals surface area contributed by atoms with Crippen LogP contribution in [0.5, 0.6) is 11.5 Å². The highest BCUT2D eigenvalue weighted by Gasteiger charge is 2.20. The Hall–Kier alpha value is -3.50. The highest BCUT2D eigenvalue weighted by molar-refractivity contribution is 14.1. The van der Waals surface area contributed by atoms with E-state index in [9.17, 15) is 9.59 Å². The van der Waals surface area contributed by atoms with Crippen LogP contribution in [0.4, 0.5) is 0 Å². The molecule has 0 saturated carbocycles. The molecule has 1 unspecified atom stereocenters. The highest BCUT2D eigenvalue weighted by Crippen LogP contribution is 2.32. The molecular formula is C33H31IN2O4S. The minimum atomic E-state index is -0.563. The summed E-state index contributed by atoms with van der Waals surface area (Å²) in [6.45, 7) is 2.48. The smallest absolute Gasteiger partial charge is 0.251 e. The zero-order valence-corrected chi connectivity index (χ0v) is 25.6. The molecule has 0 radical (unpaired) electrons. The van der Waals surface area contributed by atoms with Gasteiger partial charge in [0.25, 0.3) is 11.8 Å². The molecule has 5 rings (SSSR count). The predicted molar refractivity (Wildman–Crippen MR) is 174 cm³/mol. The van der Waals surface area contributed by atoms with Crippen LogP contribution >= 0.6 is 35.2 Å². The van der Waals surface area contributed by atoms with Crippen molar-refractivity contribution in [1.29, 1.82) is 0 Å². The summed E-state index contributed by atoms with van der Waals surface area (Å²) in [5.74, 6) is 1.20. The first-order valence-corrected chi connectivity index (χ1v) is 15.1. The lowest BCUT2D eigenvalue weighted by molar-refractivity contribution is -0.117. The van der Waals surface area contributed by atoms with Crippen LogP contribution in [0.15, 0.2) is 108 Å². The Balaban J connectivity index is 1.11. The van der Waals surface area contributed by atoms with Crippen LogP contribution in [0.1, 0.15) is 23.7 Å². The highest BCUT2D eigenvalue weighted by atomic mass is 127. The van der Waals surface area contributed by atoms with Gasteiger partial charge in [-0.25, -0.2) is 0 Å². The second-order valence-electron chi connectivity index (χ2n) is 9.94. The summed E-state index contributed by atoms with van der Waals surface area (Å²) in [6, 6.07) is 19.1. The number of nitrogens with one attached hydrogen (secondary N) is 2. The third-order valence-electron chi connectivity index (χ3n) is 6.86. The van der Waals surface area contributed by atoms with Gasteiger partial charge in [0.2, 0.25) is 0 Å². The zero-order chi connectivity index (χ0) is 28.8. The van der Waals surface area contributed by atoms with Gasteiger partial charge in [-0.3, -0.25) is 9.59 Å². The molecule has 3 atom stereocenters. The summed E-state index contributed by atoms with van der Waals surface area (Å²) in [5.41, 5.74) is 1.92. The van der Waals surface area contributed by atoms with Crippen LogP contribution in [0.3, 0.4) is 0 Å². The quantitative estimate of drug-likeness (QED) is 0.132. The summed E-state index contributed by atoms with van der Waals surface area (Å²) in [5, 5.41) is 7.96. The number of amides is 2. The first kappa shape index (κ1) is 29.0. The van der Waals surface area contributed by atoms with Gasteiger partial charge in [0.1, 0.15) is 17.6 Å². The average Bonchev–Trinajstić information content (AvgIpc) is 3.00. The van der Waals surface area contributed by atoms with E-state index in [0.717, 1.165) is 20.8 Å². The largest absolute Gasteiger partial charge is 0.488 e. The number of ether oxygens (including phenoxy) is 2. The van der Waals surface area contributed by atoms with E-state index < -0.39 is 5.44 Å². The van der Waals surface area contributed by atoms with Crippen molar-refractivity contribution in [2.24, 2.45) is 5.92 Å². The molecule has 0 bridgehead atoms. The number of hydrogen-bond acceptors (Lipinski definition) is 5. The molecule has 0 spiro atoms. The maximum absolute atomic E-state index is 12.7. The molecule has 210 valence electrons. The Kier molecular flexibility index (Phi) is 9.51. The fourth-order valence-electron chi connectivity index (χ4n) is 4.69. The normalized spacial score (nSPS) is 17.1. The molecule has 2 N–H and O–H groups in total.